The largest absolute Gasteiger partial charge is 0.489 e. The van der Waals surface area contributed by atoms with Crippen LogP contribution in [0.4, 0.5) is 0 Å². The Balaban J connectivity index is 1.31. The van der Waals surface area contributed by atoms with Crippen LogP contribution in [0, 0.1) is 0 Å². The maximum absolute atomic E-state index is 11.5. The highest BCUT2D eigenvalue weighted by Crippen LogP contribution is 2.46. The van der Waals surface area contributed by atoms with Crippen molar-refractivity contribution in [1.82, 2.24) is 5.32 Å². The van der Waals surface area contributed by atoms with Gasteiger partial charge >= 0.3 is 0 Å². The average Bonchev–Trinajstić information content (AvgIpc) is 3.52. The third-order valence-corrected chi connectivity index (χ3v) is 5.03. The number of hydrogen-bond donors (Lipinski definition) is 2. The molecule has 0 bridgehead atoms. The predicted molar refractivity (Wildman–Crippen MR) is 92.7 cm³/mol. The van der Waals surface area contributed by atoms with E-state index in [1.807, 2.05) is 30.3 Å². The van der Waals surface area contributed by atoms with Gasteiger partial charge in [-0.1, -0.05) is 42.5 Å². The number of carbonyl (C=O) groups excluding carboxylic acids is 1. The lowest BCUT2D eigenvalue weighted by molar-refractivity contribution is -0.121. The number of hydrogen-bond acceptors (Lipinski definition) is 3. The number of rotatable bonds is 7. The van der Waals surface area contributed by atoms with Crippen molar-refractivity contribution in [1.29, 1.82) is 0 Å². The molecule has 124 valence electrons. The molecule has 4 rings (SSSR count). The SMILES string of the molecule is NC(=O)C1(N[C@H]2C[C@@H]2c2ccc(OCc3ccccc3)cc2)CC1. The van der Waals surface area contributed by atoms with Gasteiger partial charge in [-0.2, -0.15) is 0 Å². The van der Waals surface area contributed by atoms with Crippen LogP contribution >= 0.6 is 0 Å². The first-order valence-electron chi connectivity index (χ1n) is 8.51. The molecule has 2 aromatic rings. The maximum atomic E-state index is 11.5. The first-order valence-corrected chi connectivity index (χ1v) is 8.51. The van der Waals surface area contributed by atoms with Crippen molar-refractivity contribution < 1.29 is 9.53 Å². The molecular weight excluding hydrogens is 300 g/mol. The second-order valence-corrected chi connectivity index (χ2v) is 6.88. The summed E-state index contributed by atoms with van der Waals surface area (Å²) >= 11 is 0. The van der Waals surface area contributed by atoms with Crippen LogP contribution in [0.15, 0.2) is 54.6 Å². The van der Waals surface area contributed by atoms with Gasteiger partial charge < -0.3 is 10.5 Å². The number of ether oxygens (including phenoxy) is 1. The summed E-state index contributed by atoms with van der Waals surface area (Å²) < 4.78 is 5.82. The summed E-state index contributed by atoms with van der Waals surface area (Å²) in [4.78, 5) is 11.5. The molecule has 0 heterocycles. The molecule has 0 aromatic heterocycles. The van der Waals surface area contributed by atoms with Crippen LogP contribution in [0.3, 0.4) is 0 Å². The molecule has 24 heavy (non-hydrogen) atoms. The van der Waals surface area contributed by atoms with Gasteiger partial charge in [0.2, 0.25) is 5.91 Å². The Bertz CT molecular complexity index is 723. The van der Waals surface area contributed by atoms with Crippen molar-refractivity contribution in [2.75, 3.05) is 0 Å². The van der Waals surface area contributed by atoms with Crippen LogP contribution in [-0.4, -0.2) is 17.5 Å². The fraction of sp³-hybridized carbons (Fsp3) is 0.350. The lowest BCUT2D eigenvalue weighted by atomic mass is 10.1. The van der Waals surface area contributed by atoms with Crippen LogP contribution < -0.4 is 15.8 Å². The molecule has 4 heteroatoms. The van der Waals surface area contributed by atoms with Crippen LogP contribution in [0.5, 0.6) is 5.75 Å². The molecule has 2 fully saturated rings. The summed E-state index contributed by atoms with van der Waals surface area (Å²) in [5.74, 6) is 1.14. The highest BCUT2D eigenvalue weighted by atomic mass is 16.5. The van der Waals surface area contributed by atoms with Crippen LogP contribution in [-0.2, 0) is 11.4 Å². The van der Waals surface area contributed by atoms with E-state index in [4.69, 9.17) is 10.5 Å². The minimum Gasteiger partial charge on any atom is -0.489 e. The van der Waals surface area contributed by atoms with Crippen molar-refractivity contribution in [3.8, 4) is 5.75 Å². The topological polar surface area (TPSA) is 64.4 Å². The molecule has 2 aliphatic rings. The Kier molecular flexibility index (Phi) is 3.77. The molecule has 2 atom stereocenters. The summed E-state index contributed by atoms with van der Waals surface area (Å²) in [5.41, 5.74) is 7.51. The minimum absolute atomic E-state index is 0.210. The van der Waals surface area contributed by atoms with E-state index in [0.29, 0.717) is 18.6 Å². The molecular formula is C20H22N2O2. The van der Waals surface area contributed by atoms with Gasteiger partial charge in [0.25, 0.3) is 0 Å². The van der Waals surface area contributed by atoms with Gasteiger partial charge in [0.15, 0.2) is 0 Å². The third kappa shape index (κ3) is 3.15. The van der Waals surface area contributed by atoms with Gasteiger partial charge in [-0.3, -0.25) is 10.1 Å². The van der Waals surface area contributed by atoms with Gasteiger partial charge in [-0.25, -0.2) is 0 Å². The molecule has 0 spiro atoms. The number of primary amides is 1. The van der Waals surface area contributed by atoms with Gasteiger partial charge in [0.1, 0.15) is 12.4 Å². The Labute approximate surface area is 142 Å². The molecule has 0 aliphatic heterocycles. The van der Waals surface area contributed by atoms with E-state index in [-0.39, 0.29) is 5.91 Å². The van der Waals surface area contributed by atoms with Crippen molar-refractivity contribution in [2.45, 2.75) is 43.4 Å². The minimum atomic E-state index is -0.418. The predicted octanol–water partition coefficient (Wildman–Crippen LogP) is 2.73. The van der Waals surface area contributed by atoms with Crippen LogP contribution in [0.25, 0.3) is 0 Å². The normalized spacial score (nSPS) is 23.5. The lowest BCUT2D eigenvalue weighted by Gasteiger charge is -2.13. The van der Waals surface area contributed by atoms with E-state index in [2.05, 4.69) is 29.6 Å². The third-order valence-electron chi connectivity index (χ3n) is 5.03. The van der Waals surface area contributed by atoms with Crippen molar-refractivity contribution in [3.05, 3.63) is 65.7 Å². The monoisotopic (exact) mass is 322 g/mol. The lowest BCUT2D eigenvalue weighted by Crippen LogP contribution is -2.45. The maximum Gasteiger partial charge on any atom is 0.237 e. The van der Waals surface area contributed by atoms with E-state index >= 15 is 0 Å². The smallest absolute Gasteiger partial charge is 0.237 e. The zero-order chi connectivity index (χ0) is 16.6. The zero-order valence-corrected chi connectivity index (χ0v) is 13.6. The first kappa shape index (κ1) is 15.2. The standard InChI is InChI=1S/C20H22N2O2/c21-19(23)20(10-11-20)22-18-12-17(18)15-6-8-16(9-7-15)24-13-14-4-2-1-3-5-14/h1-9,17-18,22H,10-13H2,(H2,21,23)/t17-,18+/m1/s1. The van der Waals surface area contributed by atoms with E-state index in [1.165, 1.54) is 5.56 Å². The highest BCUT2D eigenvalue weighted by Gasteiger charge is 2.53. The summed E-state index contributed by atoms with van der Waals surface area (Å²) in [5, 5.41) is 3.44. The first-order chi connectivity index (χ1) is 11.7. The van der Waals surface area contributed by atoms with Crippen molar-refractivity contribution >= 4 is 5.91 Å². The number of nitrogens with two attached hydrogens (primary N) is 1. The molecule has 1 amide bonds. The summed E-state index contributed by atoms with van der Waals surface area (Å²) in [6, 6.07) is 18.8. The van der Waals surface area contributed by atoms with Gasteiger partial charge in [-0.15, -0.1) is 0 Å². The molecule has 0 saturated heterocycles. The van der Waals surface area contributed by atoms with Crippen molar-refractivity contribution in [3.63, 3.8) is 0 Å². The molecule has 0 unspecified atom stereocenters. The van der Waals surface area contributed by atoms with E-state index < -0.39 is 5.54 Å². The van der Waals surface area contributed by atoms with Crippen LogP contribution in [0.1, 0.15) is 36.3 Å². The number of nitrogens with one attached hydrogen (secondary N) is 1. The molecule has 4 nitrogen and oxygen atoms in total. The molecule has 2 saturated carbocycles. The quantitative estimate of drug-likeness (QED) is 0.824. The Morgan fingerprint density at radius 2 is 1.83 bits per heavy atom. The highest BCUT2D eigenvalue weighted by molar-refractivity contribution is 5.87. The second-order valence-electron chi connectivity index (χ2n) is 6.88. The van der Waals surface area contributed by atoms with Crippen molar-refractivity contribution in [2.24, 2.45) is 5.73 Å². The molecule has 2 aromatic carbocycles. The van der Waals surface area contributed by atoms with Gasteiger partial charge in [0.05, 0.1) is 5.54 Å². The number of benzene rings is 2. The second kappa shape index (κ2) is 5.95. The summed E-state index contributed by atoms with van der Waals surface area (Å²) in [6.07, 6.45) is 2.81. The zero-order valence-electron chi connectivity index (χ0n) is 13.6. The number of amides is 1. The summed E-state index contributed by atoms with van der Waals surface area (Å²) in [7, 11) is 0. The Hall–Kier alpha value is -2.33. The fourth-order valence-corrected chi connectivity index (χ4v) is 3.22. The number of carbonyl (C=O) groups is 1. The molecule has 2 aliphatic carbocycles. The van der Waals surface area contributed by atoms with E-state index in [9.17, 15) is 4.79 Å². The van der Waals surface area contributed by atoms with E-state index in [1.54, 1.807) is 0 Å². The van der Waals surface area contributed by atoms with Gasteiger partial charge in [0, 0.05) is 12.0 Å². The fourth-order valence-electron chi connectivity index (χ4n) is 3.22. The van der Waals surface area contributed by atoms with E-state index in [0.717, 1.165) is 30.6 Å². The average molecular weight is 322 g/mol. The van der Waals surface area contributed by atoms with Crippen LogP contribution in [0.2, 0.25) is 0 Å². The van der Waals surface area contributed by atoms with Gasteiger partial charge in [-0.05, 0) is 42.5 Å². The molecule has 0 radical (unpaired) electrons. The Morgan fingerprint density at radius 1 is 1.12 bits per heavy atom. The summed E-state index contributed by atoms with van der Waals surface area (Å²) in [6.45, 7) is 0.578. The Morgan fingerprint density at radius 3 is 2.46 bits per heavy atom. The molecule has 3 N–H and O–H groups in total.